The van der Waals surface area contributed by atoms with Crippen molar-refractivity contribution in [2.45, 2.75) is 6.42 Å². The van der Waals surface area contributed by atoms with Gasteiger partial charge in [0.25, 0.3) is 0 Å². The Morgan fingerprint density at radius 1 is 1.41 bits per heavy atom. The summed E-state index contributed by atoms with van der Waals surface area (Å²) in [5.74, 6) is 0.243. The number of Topliss-reactive ketones (excluding diaryl/α,β-unsaturated/α-hetero) is 1. The normalized spacial score (nSPS) is 10.4. The van der Waals surface area contributed by atoms with Crippen LogP contribution in [-0.2, 0) is 13.5 Å². The van der Waals surface area contributed by atoms with Crippen LogP contribution in [-0.4, -0.2) is 20.5 Å². The van der Waals surface area contributed by atoms with Gasteiger partial charge in [-0.15, -0.1) is 0 Å². The third-order valence-electron chi connectivity index (χ3n) is 2.58. The second-order valence-electron chi connectivity index (χ2n) is 3.74. The summed E-state index contributed by atoms with van der Waals surface area (Å²) in [7, 11) is 1.69. The Kier molecular flexibility index (Phi) is 2.78. The molecule has 2 heterocycles. The molecule has 17 heavy (non-hydrogen) atoms. The van der Waals surface area contributed by atoms with Gasteiger partial charge in [-0.05, 0) is 6.07 Å². The molecule has 0 saturated heterocycles. The van der Waals surface area contributed by atoms with Crippen LogP contribution >= 0.6 is 0 Å². The highest BCUT2D eigenvalue weighted by molar-refractivity contribution is 6.01. The van der Waals surface area contributed by atoms with E-state index in [0.29, 0.717) is 22.6 Å². The molecule has 0 atom stereocenters. The number of nitrogen functional groups attached to an aromatic ring is 2. The zero-order valence-electron chi connectivity index (χ0n) is 9.42. The van der Waals surface area contributed by atoms with Crippen molar-refractivity contribution >= 4 is 17.3 Å². The molecule has 0 spiro atoms. The lowest BCUT2D eigenvalue weighted by Crippen LogP contribution is -2.09. The van der Waals surface area contributed by atoms with Gasteiger partial charge in [-0.3, -0.25) is 14.5 Å². The average molecular weight is 231 g/mol. The van der Waals surface area contributed by atoms with E-state index in [-0.39, 0.29) is 12.2 Å². The van der Waals surface area contributed by atoms with Crippen LogP contribution < -0.4 is 11.5 Å². The lowest BCUT2D eigenvalue weighted by molar-refractivity contribution is 0.0994. The summed E-state index contributed by atoms with van der Waals surface area (Å²) in [5, 5.41) is 3.93. The SMILES string of the molecule is Cn1ncc(C(=O)Cc2cnccc2N)c1N. The molecule has 0 radical (unpaired) electrons. The van der Waals surface area contributed by atoms with Crippen molar-refractivity contribution in [3.63, 3.8) is 0 Å². The van der Waals surface area contributed by atoms with E-state index in [4.69, 9.17) is 11.5 Å². The van der Waals surface area contributed by atoms with E-state index < -0.39 is 0 Å². The molecule has 0 aromatic carbocycles. The van der Waals surface area contributed by atoms with Crippen molar-refractivity contribution in [1.29, 1.82) is 0 Å². The Morgan fingerprint density at radius 2 is 2.18 bits per heavy atom. The Bertz CT molecular complexity index is 561. The molecule has 0 unspecified atom stereocenters. The van der Waals surface area contributed by atoms with Crippen LogP contribution in [0.4, 0.5) is 11.5 Å². The first-order chi connectivity index (χ1) is 8.09. The first-order valence-corrected chi connectivity index (χ1v) is 5.08. The van der Waals surface area contributed by atoms with Crippen molar-refractivity contribution in [2.75, 3.05) is 11.5 Å². The number of aromatic nitrogens is 3. The summed E-state index contributed by atoms with van der Waals surface area (Å²) in [6, 6.07) is 1.66. The van der Waals surface area contributed by atoms with Crippen molar-refractivity contribution in [1.82, 2.24) is 14.8 Å². The lowest BCUT2D eigenvalue weighted by atomic mass is 10.1. The van der Waals surface area contributed by atoms with Crippen molar-refractivity contribution in [3.05, 3.63) is 35.8 Å². The number of nitrogens with two attached hydrogens (primary N) is 2. The molecule has 2 aromatic rings. The molecule has 2 aromatic heterocycles. The van der Waals surface area contributed by atoms with Gasteiger partial charge in [0.2, 0.25) is 0 Å². The summed E-state index contributed by atoms with van der Waals surface area (Å²) in [6.07, 6.45) is 4.81. The molecule has 0 fully saturated rings. The monoisotopic (exact) mass is 231 g/mol. The van der Waals surface area contributed by atoms with Crippen LogP contribution in [0.2, 0.25) is 0 Å². The maximum absolute atomic E-state index is 12.0. The molecule has 88 valence electrons. The first-order valence-electron chi connectivity index (χ1n) is 5.08. The predicted molar refractivity (Wildman–Crippen MR) is 64.3 cm³/mol. The fourth-order valence-corrected chi connectivity index (χ4v) is 1.52. The average Bonchev–Trinajstić information content (AvgIpc) is 2.63. The Hall–Kier alpha value is -2.37. The van der Waals surface area contributed by atoms with E-state index in [2.05, 4.69) is 10.1 Å². The number of carbonyl (C=O) groups is 1. The number of pyridine rings is 1. The van der Waals surface area contributed by atoms with Gasteiger partial charge in [0.05, 0.1) is 11.8 Å². The van der Waals surface area contributed by atoms with Crippen molar-refractivity contribution in [2.24, 2.45) is 7.05 Å². The van der Waals surface area contributed by atoms with Crippen molar-refractivity contribution < 1.29 is 4.79 Å². The molecule has 6 nitrogen and oxygen atoms in total. The maximum Gasteiger partial charge on any atom is 0.172 e. The number of hydrogen-bond acceptors (Lipinski definition) is 5. The highest BCUT2D eigenvalue weighted by atomic mass is 16.1. The molecular weight excluding hydrogens is 218 g/mol. The van der Waals surface area contributed by atoms with Gasteiger partial charge in [-0.1, -0.05) is 0 Å². The molecule has 0 amide bonds. The molecule has 0 bridgehead atoms. The van der Waals surface area contributed by atoms with Crippen LogP contribution in [0.25, 0.3) is 0 Å². The number of rotatable bonds is 3. The minimum atomic E-state index is -0.115. The molecule has 4 N–H and O–H groups in total. The van der Waals surface area contributed by atoms with Gasteiger partial charge in [0.1, 0.15) is 5.82 Å². The summed E-state index contributed by atoms with van der Waals surface area (Å²) < 4.78 is 1.46. The number of nitrogens with zero attached hydrogens (tertiary/aromatic N) is 3. The highest BCUT2D eigenvalue weighted by Gasteiger charge is 2.15. The van der Waals surface area contributed by atoms with Crippen LogP contribution in [0.3, 0.4) is 0 Å². The Morgan fingerprint density at radius 3 is 2.76 bits per heavy atom. The summed E-state index contributed by atoms with van der Waals surface area (Å²) >= 11 is 0. The van der Waals surface area contributed by atoms with E-state index in [0.717, 1.165) is 0 Å². The van der Waals surface area contributed by atoms with Crippen LogP contribution in [0.15, 0.2) is 24.7 Å². The third-order valence-corrected chi connectivity index (χ3v) is 2.58. The van der Waals surface area contributed by atoms with Gasteiger partial charge in [-0.2, -0.15) is 5.10 Å². The van der Waals surface area contributed by atoms with Gasteiger partial charge in [0.15, 0.2) is 5.78 Å². The highest BCUT2D eigenvalue weighted by Crippen LogP contribution is 2.16. The number of aryl methyl sites for hydroxylation is 1. The Labute approximate surface area is 98.3 Å². The van der Waals surface area contributed by atoms with Gasteiger partial charge < -0.3 is 11.5 Å². The number of ketones is 1. The van der Waals surface area contributed by atoms with E-state index in [1.165, 1.54) is 10.9 Å². The summed E-state index contributed by atoms with van der Waals surface area (Å²) in [6.45, 7) is 0. The lowest BCUT2D eigenvalue weighted by Gasteiger charge is -2.03. The maximum atomic E-state index is 12.0. The zero-order valence-corrected chi connectivity index (χ0v) is 9.42. The number of carbonyl (C=O) groups excluding carboxylic acids is 1. The van der Waals surface area contributed by atoms with E-state index in [1.54, 1.807) is 25.5 Å². The van der Waals surface area contributed by atoms with Crippen LogP contribution in [0.1, 0.15) is 15.9 Å². The smallest absolute Gasteiger partial charge is 0.172 e. The second-order valence-corrected chi connectivity index (χ2v) is 3.74. The fraction of sp³-hybridized carbons (Fsp3) is 0.182. The molecule has 0 aliphatic carbocycles. The van der Waals surface area contributed by atoms with Gasteiger partial charge in [0, 0.05) is 37.1 Å². The number of hydrogen-bond donors (Lipinski definition) is 2. The van der Waals surface area contributed by atoms with E-state index in [1.807, 2.05) is 0 Å². The minimum Gasteiger partial charge on any atom is -0.398 e. The first kappa shape index (κ1) is 11.1. The van der Waals surface area contributed by atoms with Crippen LogP contribution in [0, 0.1) is 0 Å². The Balaban J connectivity index is 2.23. The standard InChI is InChI=1S/C11H13N5O/c1-16-11(13)8(6-15-16)10(17)4-7-5-14-3-2-9(7)12/h2-3,5-6H,4,13H2,1H3,(H2,12,14). The predicted octanol–water partition coefficient (Wildman–Crippen LogP) is 0.405. The van der Waals surface area contributed by atoms with Gasteiger partial charge >= 0.3 is 0 Å². The summed E-state index contributed by atoms with van der Waals surface area (Å²) in [4.78, 5) is 15.9. The van der Waals surface area contributed by atoms with Crippen molar-refractivity contribution in [3.8, 4) is 0 Å². The van der Waals surface area contributed by atoms with Gasteiger partial charge in [-0.25, -0.2) is 0 Å². The van der Waals surface area contributed by atoms with Crippen LogP contribution in [0.5, 0.6) is 0 Å². The van der Waals surface area contributed by atoms with E-state index >= 15 is 0 Å². The molecule has 0 aliphatic rings. The fourth-order valence-electron chi connectivity index (χ4n) is 1.52. The molecule has 0 saturated carbocycles. The largest absolute Gasteiger partial charge is 0.398 e. The second kappa shape index (κ2) is 4.25. The summed E-state index contributed by atoms with van der Waals surface area (Å²) in [5.41, 5.74) is 13.1. The number of anilines is 2. The molecular formula is C11H13N5O. The topological polar surface area (TPSA) is 99.8 Å². The quantitative estimate of drug-likeness (QED) is 0.745. The molecule has 6 heteroatoms. The minimum absolute atomic E-state index is 0.115. The third kappa shape index (κ3) is 2.10. The zero-order chi connectivity index (χ0) is 12.4. The molecule has 0 aliphatic heterocycles. The molecule has 2 rings (SSSR count). The van der Waals surface area contributed by atoms with E-state index in [9.17, 15) is 4.79 Å².